The van der Waals surface area contributed by atoms with E-state index in [9.17, 15) is 4.39 Å². The minimum Gasteiger partial charge on any atom is -0.393 e. The predicted molar refractivity (Wildman–Crippen MR) is 32.6 cm³/mol. The second-order valence-corrected chi connectivity index (χ2v) is 2.41. The summed E-state index contributed by atoms with van der Waals surface area (Å²) in [6.07, 6.45) is 0. The first-order valence-electron chi connectivity index (χ1n) is 3.22. The van der Waals surface area contributed by atoms with Gasteiger partial charge in [-0.15, -0.1) is 0 Å². The molecule has 1 aliphatic heterocycles. The predicted octanol–water partition coefficient (Wildman–Crippen LogP) is -0.266. The summed E-state index contributed by atoms with van der Waals surface area (Å²) >= 11 is 0. The standard InChI is InChI=1S/C6H11FO3/c7-6(3-8)4-9-1-2-10-5-6/h8H,1-5H2. The van der Waals surface area contributed by atoms with Crippen LogP contribution in [0.3, 0.4) is 0 Å². The van der Waals surface area contributed by atoms with E-state index in [1.165, 1.54) is 0 Å². The third-order valence-corrected chi connectivity index (χ3v) is 1.38. The van der Waals surface area contributed by atoms with E-state index in [0.29, 0.717) is 13.2 Å². The maximum absolute atomic E-state index is 13.1. The van der Waals surface area contributed by atoms with Crippen LogP contribution in [0.4, 0.5) is 4.39 Å². The molecule has 60 valence electrons. The molecule has 0 aromatic rings. The summed E-state index contributed by atoms with van der Waals surface area (Å²) in [5, 5.41) is 8.54. The SMILES string of the molecule is OCC1(F)COCCOC1. The molecule has 0 bridgehead atoms. The zero-order valence-corrected chi connectivity index (χ0v) is 5.68. The molecule has 1 fully saturated rings. The van der Waals surface area contributed by atoms with Crippen LogP contribution < -0.4 is 0 Å². The van der Waals surface area contributed by atoms with Crippen molar-refractivity contribution in [3.8, 4) is 0 Å². The quantitative estimate of drug-likeness (QED) is 0.559. The second kappa shape index (κ2) is 3.27. The second-order valence-electron chi connectivity index (χ2n) is 2.41. The highest BCUT2D eigenvalue weighted by Gasteiger charge is 2.31. The average Bonchev–Trinajstić information content (AvgIpc) is 2.15. The van der Waals surface area contributed by atoms with E-state index in [2.05, 4.69) is 0 Å². The maximum atomic E-state index is 13.1. The van der Waals surface area contributed by atoms with Gasteiger partial charge in [-0.05, 0) is 0 Å². The van der Waals surface area contributed by atoms with Crippen LogP contribution in [-0.4, -0.2) is 43.8 Å². The highest BCUT2D eigenvalue weighted by Crippen LogP contribution is 2.13. The number of ether oxygens (including phenoxy) is 2. The highest BCUT2D eigenvalue weighted by atomic mass is 19.1. The van der Waals surface area contributed by atoms with Crippen molar-refractivity contribution in [1.82, 2.24) is 0 Å². The van der Waals surface area contributed by atoms with Crippen molar-refractivity contribution in [1.29, 1.82) is 0 Å². The lowest BCUT2D eigenvalue weighted by atomic mass is 10.1. The van der Waals surface area contributed by atoms with Crippen molar-refractivity contribution >= 4 is 0 Å². The van der Waals surface area contributed by atoms with Gasteiger partial charge in [-0.25, -0.2) is 4.39 Å². The lowest BCUT2D eigenvalue weighted by molar-refractivity contribution is -0.0253. The Hall–Kier alpha value is -0.190. The molecular weight excluding hydrogens is 139 g/mol. The molecule has 0 aromatic carbocycles. The molecule has 0 unspecified atom stereocenters. The van der Waals surface area contributed by atoms with E-state index in [0.717, 1.165) is 0 Å². The first-order valence-corrected chi connectivity index (χ1v) is 3.22. The first kappa shape index (κ1) is 7.91. The summed E-state index contributed by atoms with van der Waals surface area (Å²) in [6, 6.07) is 0. The Morgan fingerprint density at radius 3 is 2.20 bits per heavy atom. The summed E-state index contributed by atoms with van der Waals surface area (Å²) in [7, 11) is 0. The van der Waals surface area contributed by atoms with E-state index in [1.807, 2.05) is 0 Å². The Bertz CT molecular complexity index is 99.2. The number of halogens is 1. The zero-order chi connectivity index (χ0) is 7.45. The fraction of sp³-hybridized carbons (Fsp3) is 1.00. The van der Waals surface area contributed by atoms with Gasteiger partial charge in [-0.3, -0.25) is 0 Å². The van der Waals surface area contributed by atoms with Crippen molar-refractivity contribution in [3.63, 3.8) is 0 Å². The molecule has 0 radical (unpaired) electrons. The van der Waals surface area contributed by atoms with E-state index in [4.69, 9.17) is 14.6 Å². The third-order valence-electron chi connectivity index (χ3n) is 1.38. The Balaban J connectivity index is 2.41. The fourth-order valence-corrected chi connectivity index (χ4v) is 0.761. The van der Waals surface area contributed by atoms with Crippen molar-refractivity contribution in [2.75, 3.05) is 33.0 Å². The number of hydrogen-bond acceptors (Lipinski definition) is 3. The maximum Gasteiger partial charge on any atom is 0.180 e. The fourth-order valence-electron chi connectivity index (χ4n) is 0.761. The average molecular weight is 150 g/mol. The van der Waals surface area contributed by atoms with Crippen LogP contribution in [0, 0.1) is 0 Å². The van der Waals surface area contributed by atoms with Crippen LogP contribution in [0.5, 0.6) is 0 Å². The molecule has 1 aliphatic rings. The largest absolute Gasteiger partial charge is 0.393 e. The molecule has 0 aliphatic carbocycles. The van der Waals surface area contributed by atoms with Gasteiger partial charge in [0.25, 0.3) is 0 Å². The van der Waals surface area contributed by atoms with Crippen LogP contribution in [0.15, 0.2) is 0 Å². The Morgan fingerprint density at radius 1 is 1.30 bits per heavy atom. The summed E-state index contributed by atoms with van der Waals surface area (Å²) in [6.45, 7) is 0.150. The van der Waals surface area contributed by atoms with Gasteiger partial charge in [0.15, 0.2) is 5.67 Å². The number of aliphatic hydroxyl groups is 1. The monoisotopic (exact) mass is 150 g/mol. The highest BCUT2D eigenvalue weighted by molar-refractivity contribution is 4.78. The summed E-state index contributed by atoms with van der Waals surface area (Å²) in [4.78, 5) is 0. The molecule has 0 atom stereocenters. The molecule has 0 aromatic heterocycles. The van der Waals surface area contributed by atoms with E-state index in [-0.39, 0.29) is 13.2 Å². The van der Waals surface area contributed by atoms with Crippen LogP contribution in [0.2, 0.25) is 0 Å². The van der Waals surface area contributed by atoms with Gasteiger partial charge < -0.3 is 14.6 Å². The zero-order valence-electron chi connectivity index (χ0n) is 5.68. The van der Waals surface area contributed by atoms with Gasteiger partial charge in [-0.1, -0.05) is 0 Å². The minimum atomic E-state index is -1.68. The van der Waals surface area contributed by atoms with Gasteiger partial charge in [0.2, 0.25) is 0 Å². The minimum absolute atomic E-state index is 0.0660. The molecule has 0 saturated carbocycles. The molecule has 1 rings (SSSR count). The van der Waals surface area contributed by atoms with Crippen LogP contribution in [0.1, 0.15) is 0 Å². The molecule has 1 heterocycles. The van der Waals surface area contributed by atoms with Gasteiger partial charge >= 0.3 is 0 Å². The lowest BCUT2D eigenvalue weighted by Gasteiger charge is -2.18. The lowest BCUT2D eigenvalue weighted by Crippen LogP contribution is -2.36. The number of aliphatic hydroxyl groups excluding tert-OH is 1. The van der Waals surface area contributed by atoms with Crippen LogP contribution in [0.25, 0.3) is 0 Å². The molecule has 3 nitrogen and oxygen atoms in total. The normalized spacial score (nSPS) is 25.8. The number of rotatable bonds is 1. The molecule has 1 saturated heterocycles. The van der Waals surface area contributed by atoms with E-state index >= 15 is 0 Å². The van der Waals surface area contributed by atoms with Crippen molar-refractivity contribution in [2.45, 2.75) is 5.67 Å². The summed E-state index contributed by atoms with van der Waals surface area (Å²) in [5.74, 6) is 0. The molecule has 0 amide bonds. The van der Waals surface area contributed by atoms with Crippen LogP contribution in [-0.2, 0) is 9.47 Å². The molecule has 0 spiro atoms. The molecule has 1 N–H and O–H groups in total. The Kier molecular flexibility index (Phi) is 2.59. The topological polar surface area (TPSA) is 38.7 Å². The van der Waals surface area contributed by atoms with Crippen molar-refractivity contribution in [2.24, 2.45) is 0 Å². The summed E-state index contributed by atoms with van der Waals surface area (Å²) < 4.78 is 22.7. The van der Waals surface area contributed by atoms with Crippen molar-refractivity contribution < 1.29 is 19.0 Å². The Labute approximate surface area is 58.7 Å². The van der Waals surface area contributed by atoms with Gasteiger partial charge in [-0.2, -0.15) is 0 Å². The molecule has 10 heavy (non-hydrogen) atoms. The first-order chi connectivity index (χ1) is 4.77. The van der Waals surface area contributed by atoms with E-state index < -0.39 is 12.3 Å². The van der Waals surface area contributed by atoms with Crippen LogP contribution >= 0.6 is 0 Å². The van der Waals surface area contributed by atoms with Gasteiger partial charge in [0, 0.05) is 0 Å². The van der Waals surface area contributed by atoms with Crippen molar-refractivity contribution in [3.05, 3.63) is 0 Å². The molecular formula is C6H11FO3. The Morgan fingerprint density at radius 2 is 1.80 bits per heavy atom. The smallest absolute Gasteiger partial charge is 0.180 e. The van der Waals surface area contributed by atoms with E-state index in [1.54, 1.807) is 0 Å². The third kappa shape index (κ3) is 1.90. The number of alkyl halides is 1. The van der Waals surface area contributed by atoms with Gasteiger partial charge in [0.05, 0.1) is 33.0 Å². The summed E-state index contributed by atoms with van der Waals surface area (Å²) in [5.41, 5.74) is -1.68. The molecule has 4 heteroatoms. The van der Waals surface area contributed by atoms with Gasteiger partial charge in [0.1, 0.15) is 0 Å². The number of hydrogen-bond donors (Lipinski definition) is 1.